The Morgan fingerprint density at radius 1 is 1.29 bits per heavy atom. The second-order valence-corrected chi connectivity index (χ2v) is 7.83. The highest BCUT2D eigenvalue weighted by atomic mass is 16.5. The topological polar surface area (TPSA) is 66.4 Å². The molecule has 0 bridgehead atoms. The number of aryl methyl sites for hydroxylation is 1. The molecule has 1 fully saturated rings. The van der Waals surface area contributed by atoms with Gasteiger partial charge in [0.15, 0.2) is 5.75 Å². The van der Waals surface area contributed by atoms with Crippen molar-refractivity contribution in [2.45, 2.75) is 19.9 Å². The summed E-state index contributed by atoms with van der Waals surface area (Å²) in [6.07, 6.45) is 1.68. The molecule has 2 aliphatic rings. The minimum Gasteiger partial charge on any atom is -0.497 e. The Balaban J connectivity index is 1.67. The number of amidine groups is 1. The molecule has 7 nitrogen and oxygen atoms in total. The van der Waals surface area contributed by atoms with Crippen molar-refractivity contribution < 1.29 is 14.3 Å². The van der Waals surface area contributed by atoms with E-state index in [0.717, 1.165) is 34.1 Å². The van der Waals surface area contributed by atoms with E-state index in [0.29, 0.717) is 31.9 Å². The number of urea groups is 1. The van der Waals surface area contributed by atoms with Crippen LogP contribution in [-0.4, -0.2) is 61.0 Å². The van der Waals surface area contributed by atoms with Crippen LogP contribution in [0.5, 0.6) is 17.2 Å². The predicted molar refractivity (Wildman–Crippen MR) is 122 cm³/mol. The van der Waals surface area contributed by atoms with Gasteiger partial charge >= 0.3 is 6.03 Å². The number of benzene rings is 2. The lowest BCUT2D eigenvalue weighted by molar-refractivity contribution is 0.135. The third kappa shape index (κ3) is 4.21. The smallest absolute Gasteiger partial charge is 0.318 e. The summed E-state index contributed by atoms with van der Waals surface area (Å²) in [6.45, 7) is 10.2. The van der Waals surface area contributed by atoms with E-state index in [2.05, 4.69) is 23.7 Å². The van der Waals surface area contributed by atoms with Crippen LogP contribution in [0.2, 0.25) is 0 Å². The molecule has 7 heteroatoms. The van der Waals surface area contributed by atoms with Gasteiger partial charge in [0.1, 0.15) is 23.0 Å². The molecule has 4 rings (SSSR count). The lowest BCUT2D eigenvalue weighted by atomic mass is 10.1. The fourth-order valence-electron chi connectivity index (χ4n) is 3.94. The number of aliphatic imine (C=N–C) groups is 1. The summed E-state index contributed by atoms with van der Waals surface area (Å²) >= 11 is 0. The van der Waals surface area contributed by atoms with E-state index in [1.807, 2.05) is 48.2 Å². The molecule has 0 aromatic heterocycles. The van der Waals surface area contributed by atoms with Gasteiger partial charge in [-0.3, -0.25) is 0 Å². The van der Waals surface area contributed by atoms with Crippen molar-refractivity contribution in [3.63, 3.8) is 0 Å². The molecule has 2 aromatic rings. The second kappa shape index (κ2) is 8.71. The van der Waals surface area contributed by atoms with Gasteiger partial charge in [-0.25, -0.2) is 9.79 Å². The van der Waals surface area contributed by atoms with E-state index < -0.39 is 0 Å². The van der Waals surface area contributed by atoms with E-state index in [1.54, 1.807) is 13.2 Å². The molecule has 2 aromatic carbocycles. The number of ether oxygens (including phenoxy) is 2. The number of carbonyl (C=O) groups excluding carboxylic acids is 1. The molecule has 1 N–H and O–H groups in total. The Morgan fingerprint density at radius 2 is 2.13 bits per heavy atom. The summed E-state index contributed by atoms with van der Waals surface area (Å²) in [5, 5.41) is 2.87. The van der Waals surface area contributed by atoms with Crippen LogP contribution in [0.1, 0.15) is 18.1 Å². The van der Waals surface area contributed by atoms with Gasteiger partial charge in [-0.2, -0.15) is 0 Å². The molecule has 0 spiro atoms. The molecule has 2 amide bonds. The molecule has 0 aliphatic carbocycles. The van der Waals surface area contributed by atoms with Gasteiger partial charge in [0, 0.05) is 38.3 Å². The van der Waals surface area contributed by atoms with Gasteiger partial charge in [0.05, 0.1) is 12.7 Å². The average molecular weight is 421 g/mol. The first-order chi connectivity index (χ1) is 15.0. The SMILES string of the molecule is C=CCNC(=O)N1CCN(C2=Nc3ccc(C)cc3Oc3cc(OC)ccc32)CC1C. The highest BCUT2D eigenvalue weighted by molar-refractivity contribution is 6.04. The normalized spacial score (nSPS) is 17.5. The molecule has 1 saturated heterocycles. The Kier molecular flexibility index (Phi) is 5.84. The van der Waals surface area contributed by atoms with Gasteiger partial charge in [0.25, 0.3) is 0 Å². The predicted octanol–water partition coefficient (Wildman–Crippen LogP) is 4.09. The Hall–Kier alpha value is -3.48. The molecule has 1 unspecified atom stereocenters. The standard InChI is InChI=1S/C24H28N4O3/c1-5-10-25-24(29)28-12-11-27(15-17(28)3)23-19-8-7-18(30-4)14-21(19)31-22-13-16(2)6-9-20(22)26-23/h5-9,13-14,17H,1,10-12,15H2,2-4H3,(H,25,29). The number of piperazine rings is 1. The number of carbonyl (C=O) groups is 1. The summed E-state index contributed by atoms with van der Waals surface area (Å²) in [7, 11) is 1.64. The van der Waals surface area contributed by atoms with Crippen molar-refractivity contribution in [2.75, 3.05) is 33.3 Å². The molecule has 2 aliphatic heterocycles. The van der Waals surface area contributed by atoms with Crippen molar-refractivity contribution in [1.82, 2.24) is 15.1 Å². The average Bonchev–Trinajstić information content (AvgIpc) is 2.92. The van der Waals surface area contributed by atoms with Crippen LogP contribution < -0.4 is 14.8 Å². The number of hydrogen-bond donors (Lipinski definition) is 1. The Labute approximate surface area is 183 Å². The summed E-state index contributed by atoms with van der Waals surface area (Å²) in [4.78, 5) is 21.5. The zero-order valence-electron chi connectivity index (χ0n) is 18.2. The maximum Gasteiger partial charge on any atom is 0.318 e. The first-order valence-electron chi connectivity index (χ1n) is 10.5. The lowest BCUT2D eigenvalue weighted by Gasteiger charge is -2.41. The molecule has 0 radical (unpaired) electrons. The van der Waals surface area contributed by atoms with Crippen molar-refractivity contribution in [2.24, 2.45) is 4.99 Å². The van der Waals surface area contributed by atoms with Crippen LogP contribution in [0.3, 0.4) is 0 Å². The number of nitrogens with zero attached hydrogens (tertiary/aromatic N) is 3. The summed E-state index contributed by atoms with van der Waals surface area (Å²) in [5.74, 6) is 3.01. The van der Waals surface area contributed by atoms with Crippen molar-refractivity contribution >= 4 is 17.6 Å². The highest BCUT2D eigenvalue weighted by Crippen LogP contribution is 2.40. The van der Waals surface area contributed by atoms with E-state index in [-0.39, 0.29) is 12.1 Å². The fourth-order valence-corrected chi connectivity index (χ4v) is 3.94. The zero-order chi connectivity index (χ0) is 22.0. The minimum atomic E-state index is -0.0656. The third-order valence-electron chi connectivity index (χ3n) is 5.58. The second-order valence-electron chi connectivity index (χ2n) is 7.83. The van der Waals surface area contributed by atoms with Crippen LogP contribution in [0.25, 0.3) is 0 Å². The minimum absolute atomic E-state index is 0.0321. The van der Waals surface area contributed by atoms with Crippen LogP contribution in [0, 0.1) is 6.92 Å². The first-order valence-corrected chi connectivity index (χ1v) is 10.5. The van der Waals surface area contributed by atoms with E-state index in [4.69, 9.17) is 14.5 Å². The number of fused-ring (bicyclic) bond motifs is 2. The van der Waals surface area contributed by atoms with Crippen molar-refractivity contribution in [3.8, 4) is 17.2 Å². The maximum atomic E-state index is 12.5. The van der Waals surface area contributed by atoms with E-state index in [9.17, 15) is 4.79 Å². The monoisotopic (exact) mass is 420 g/mol. The van der Waals surface area contributed by atoms with Crippen LogP contribution in [0.15, 0.2) is 54.0 Å². The number of rotatable bonds is 3. The third-order valence-corrected chi connectivity index (χ3v) is 5.58. The number of methoxy groups -OCH3 is 1. The number of nitrogens with one attached hydrogen (secondary N) is 1. The van der Waals surface area contributed by atoms with Crippen LogP contribution in [0.4, 0.5) is 10.5 Å². The van der Waals surface area contributed by atoms with Crippen molar-refractivity contribution in [1.29, 1.82) is 0 Å². The van der Waals surface area contributed by atoms with Gasteiger partial charge < -0.3 is 24.6 Å². The van der Waals surface area contributed by atoms with Gasteiger partial charge in [0.2, 0.25) is 0 Å². The zero-order valence-corrected chi connectivity index (χ0v) is 18.2. The fraction of sp³-hybridized carbons (Fsp3) is 0.333. The molecule has 2 heterocycles. The van der Waals surface area contributed by atoms with E-state index >= 15 is 0 Å². The Morgan fingerprint density at radius 3 is 2.87 bits per heavy atom. The molecule has 1 atom stereocenters. The highest BCUT2D eigenvalue weighted by Gasteiger charge is 2.31. The van der Waals surface area contributed by atoms with E-state index in [1.165, 1.54) is 0 Å². The summed E-state index contributed by atoms with van der Waals surface area (Å²) in [6, 6.07) is 11.8. The molecule has 31 heavy (non-hydrogen) atoms. The molecule has 0 saturated carbocycles. The van der Waals surface area contributed by atoms with Gasteiger partial charge in [-0.05, 0) is 43.7 Å². The first kappa shape index (κ1) is 20.8. The van der Waals surface area contributed by atoms with Gasteiger partial charge in [-0.1, -0.05) is 12.1 Å². The lowest BCUT2D eigenvalue weighted by Crippen LogP contribution is -2.57. The van der Waals surface area contributed by atoms with Gasteiger partial charge in [-0.15, -0.1) is 6.58 Å². The Bertz CT molecular complexity index is 1030. The van der Waals surface area contributed by atoms with Crippen LogP contribution >= 0.6 is 0 Å². The largest absolute Gasteiger partial charge is 0.497 e. The molecular formula is C24H28N4O3. The summed E-state index contributed by atoms with van der Waals surface area (Å²) < 4.78 is 11.7. The molecule has 162 valence electrons. The number of amides is 2. The molecular weight excluding hydrogens is 392 g/mol. The summed E-state index contributed by atoms with van der Waals surface area (Å²) in [5.41, 5.74) is 2.80. The van der Waals surface area contributed by atoms with Crippen LogP contribution in [-0.2, 0) is 0 Å². The maximum absolute atomic E-state index is 12.5. The van der Waals surface area contributed by atoms with Crippen molar-refractivity contribution in [3.05, 3.63) is 60.2 Å². The quantitative estimate of drug-likeness (QED) is 0.760. The number of hydrogen-bond acceptors (Lipinski definition) is 5.